The van der Waals surface area contributed by atoms with E-state index in [2.05, 4.69) is 9.88 Å². The van der Waals surface area contributed by atoms with Crippen molar-refractivity contribution in [3.05, 3.63) is 48.2 Å². The van der Waals surface area contributed by atoms with Crippen molar-refractivity contribution in [2.45, 2.75) is 37.7 Å². The zero-order valence-electron chi connectivity index (χ0n) is 16.3. The Labute approximate surface area is 168 Å². The van der Waals surface area contributed by atoms with Crippen molar-refractivity contribution in [1.29, 1.82) is 0 Å². The van der Waals surface area contributed by atoms with Gasteiger partial charge in [-0.3, -0.25) is 0 Å². The smallest absolute Gasteiger partial charge is 0.255 e. The second kappa shape index (κ2) is 7.97. The van der Waals surface area contributed by atoms with E-state index in [1.54, 1.807) is 12.3 Å². The number of alkyl halides is 2. The number of hydrogen-bond donors (Lipinski definition) is 0. The van der Waals surface area contributed by atoms with Gasteiger partial charge in [-0.1, -0.05) is 19.1 Å². The molecule has 1 aromatic heterocycles. The molecule has 1 aliphatic heterocycles. The number of carbonyl (C=O) groups excluding carboxylic acids is 1. The van der Waals surface area contributed by atoms with Crippen LogP contribution in [0.1, 0.15) is 31.2 Å². The standard InChI is InChI=1S/C22H24F2N2O3/c1-15(13-27)16-2-4-18(5-3-16)29-20-8-9-26(12-20)21-7-6-19(11-25-21)28-14-17-10-22(17,23)24/h2-7,11,13,15,17,20H,8-10,12,14H2,1H3. The molecule has 1 saturated carbocycles. The van der Waals surface area contributed by atoms with Gasteiger partial charge in [-0.25, -0.2) is 13.8 Å². The third-order valence-electron chi connectivity index (χ3n) is 5.51. The van der Waals surface area contributed by atoms with Crippen LogP contribution in [0.15, 0.2) is 42.6 Å². The topological polar surface area (TPSA) is 51.7 Å². The zero-order chi connectivity index (χ0) is 20.4. The number of benzene rings is 1. The van der Waals surface area contributed by atoms with E-state index in [0.29, 0.717) is 12.3 Å². The predicted octanol–water partition coefficient (Wildman–Crippen LogP) is 4.08. The Morgan fingerprint density at radius 1 is 1.24 bits per heavy atom. The third kappa shape index (κ3) is 4.66. The number of aldehydes is 1. The lowest BCUT2D eigenvalue weighted by atomic mass is 10.0. The van der Waals surface area contributed by atoms with Crippen LogP contribution in [0.2, 0.25) is 0 Å². The second-order valence-corrected chi connectivity index (χ2v) is 7.79. The molecule has 1 saturated heterocycles. The van der Waals surface area contributed by atoms with E-state index in [1.807, 2.05) is 37.3 Å². The average Bonchev–Trinajstić information content (AvgIpc) is 3.11. The molecule has 1 aliphatic carbocycles. The molecule has 3 atom stereocenters. The minimum Gasteiger partial charge on any atom is -0.491 e. The van der Waals surface area contributed by atoms with Crippen molar-refractivity contribution in [3.8, 4) is 11.5 Å². The summed E-state index contributed by atoms with van der Waals surface area (Å²) in [6, 6.07) is 11.2. The molecular weight excluding hydrogens is 378 g/mol. The predicted molar refractivity (Wildman–Crippen MR) is 105 cm³/mol. The van der Waals surface area contributed by atoms with Gasteiger partial charge in [-0.05, 0) is 29.8 Å². The largest absolute Gasteiger partial charge is 0.491 e. The summed E-state index contributed by atoms with van der Waals surface area (Å²) in [5.74, 6) is -1.25. The van der Waals surface area contributed by atoms with Crippen molar-refractivity contribution in [2.24, 2.45) is 5.92 Å². The Balaban J connectivity index is 1.27. The van der Waals surface area contributed by atoms with E-state index < -0.39 is 11.8 Å². The maximum absolute atomic E-state index is 12.9. The van der Waals surface area contributed by atoms with Crippen molar-refractivity contribution < 1.29 is 23.0 Å². The van der Waals surface area contributed by atoms with E-state index in [9.17, 15) is 13.6 Å². The number of rotatable bonds is 8. The molecule has 2 heterocycles. The molecule has 4 rings (SSSR count). The Bertz CT molecular complexity index is 842. The second-order valence-electron chi connectivity index (χ2n) is 7.79. The highest BCUT2D eigenvalue weighted by Gasteiger charge is 2.57. The van der Waals surface area contributed by atoms with Crippen LogP contribution in [-0.2, 0) is 4.79 Å². The van der Waals surface area contributed by atoms with Gasteiger partial charge < -0.3 is 19.2 Å². The number of hydrogen-bond acceptors (Lipinski definition) is 5. The summed E-state index contributed by atoms with van der Waals surface area (Å²) in [4.78, 5) is 17.4. The van der Waals surface area contributed by atoms with Gasteiger partial charge in [0.25, 0.3) is 5.92 Å². The van der Waals surface area contributed by atoms with Gasteiger partial charge in [-0.2, -0.15) is 0 Å². The highest BCUT2D eigenvalue weighted by atomic mass is 19.3. The highest BCUT2D eigenvalue weighted by Crippen LogP contribution is 2.48. The molecule has 2 aliphatic rings. The molecule has 0 N–H and O–H groups in total. The van der Waals surface area contributed by atoms with E-state index in [4.69, 9.17) is 9.47 Å². The van der Waals surface area contributed by atoms with Gasteiger partial charge in [0.05, 0.1) is 25.3 Å². The fraction of sp³-hybridized carbons (Fsp3) is 0.455. The SMILES string of the molecule is CC(C=O)c1ccc(OC2CCN(c3ccc(OCC4CC4(F)F)cn3)C2)cc1. The number of nitrogens with zero attached hydrogens (tertiary/aromatic N) is 2. The summed E-state index contributed by atoms with van der Waals surface area (Å²) in [5, 5.41) is 0. The molecule has 3 unspecified atom stereocenters. The van der Waals surface area contributed by atoms with Crippen molar-refractivity contribution in [2.75, 3.05) is 24.6 Å². The maximum Gasteiger partial charge on any atom is 0.255 e. The van der Waals surface area contributed by atoms with Crippen LogP contribution in [0, 0.1) is 5.92 Å². The molecular formula is C22H24F2N2O3. The summed E-state index contributed by atoms with van der Waals surface area (Å²) in [7, 11) is 0. The molecule has 2 aromatic rings. The zero-order valence-corrected chi connectivity index (χ0v) is 16.3. The quantitative estimate of drug-likeness (QED) is 0.623. The lowest BCUT2D eigenvalue weighted by Gasteiger charge is -2.18. The number of halogens is 2. The molecule has 1 aromatic carbocycles. The normalized spacial score (nSPS) is 23.5. The number of aromatic nitrogens is 1. The average molecular weight is 402 g/mol. The Kier molecular flexibility index (Phi) is 5.39. The number of anilines is 1. The first-order chi connectivity index (χ1) is 13.9. The Hall–Kier alpha value is -2.70. The molecule has 2 fully saturated rings. The van der Waals surface area contributed by atoms with Crippen LogP contribution in [-0.4, -0.2) is 43.0 Å². The van der Waals surface area contributed by atoms with Gasteiger partial charge in [0.2, 0.25) is 0 Å². The first-order valence-corrected chi connectivity index (χ1v) is 9.88. The van der Waals surface area contributed by atoms with Crippen LogP contribution in [0.25, 0.3) is 0 Å². The molecule has 7 heteroatoms. The Morgan fingerprint density at radius 2 is 1.97 bits per heavy atom. The molecule has 0 radical (unpaired) electrons. The third-order valence-corrected chi connectivity index (χ3v) is 5.51. The minimum atomic E-state index is -2.56. The highest BCUT2D eigenvalue weighted by molar-refractivity contribution is 5.61. The fourth-order valence-corrected chi connectivity index (χ4v) is 3.45. The van der Waals surface area contributed by atoms with Crippen LogP contribution in [0.5, 0.6) is 11.5 Å². The first-order valence-electron chi connectivity index (χ1n) is 9.88. The minimum absolute atomic E-state index is 0.0259. The lowest BCUT2D eigenvalue weighted by Crippen LogP contribution is -2.25. The summed E-state index contributed by atoms with van der Waals surface area (Å²) < 4.78 is 37.3. The number of ether oxygens (including phenoxy) is 2. The molecule has 0 bridgehead atoms. The maximum atomic E-state index is 12.9. The van der Waals surface area contributed by atoms with Crippen LogP contribution in [0.3, 0.4) is 0 Å². The summed E-state index contributed by atoms with van der Waals surface area (Å²) in [6.45, 7) is 3.43. The summed E-state index contributed by atoms with van der Waals surface area (Å²) in [6.07, 6.45) is 3.35. The van der Waals surface area contributed by atoms with E-state index in [1.165, 1.54) is 0 Å². The molecule has 0 amide bonds. The van der Waals surface area contributed by atoms with Crippen molar-refractivity contribution >= 4 is 12.1 Å². The fourth-order valence-electron chi connectivity index (χ4n) is 3.45. The van der Waals surface area contributed by atoms with Crippen molar-refractivity contribution in [3.63, 3.8) is 0 Å². The summed E-state index contributed by atoms with van der Waals surface area (Å²) >= 11 is 0. The van der Waals surface area contributed by atoms with E-state index in [0.717, 1.165) is 36.4 Å². The van der Waals surface area contributed by atoms with Crippen LogP contribution < -0.4 is 14.4 Å². The number of carbonyl (C=O) groups is 1. The van der Waals surface area contributed by atoms with Gasteiger partial charge >= 0.3 is 0 Å². The Morgan fingerprint density at radius 3 is 2.59 bits per heavy atom. The van der Waals surface area contributed by atoms with Gasteiger partial charge in [0.1, 0.15) is 29.7 Å². The van der Waals surface area contributed by atoms with Crippen molar-refractivity contribution in [1.82, 2.24) is 4.98 Å². The summed E-state index contributed by atoms with van der Waals surface area (Å²) in [5.41, 5.74) is 0.970. The van der Waals surface area contributed by atoms with Crippen LogP contribution in [0.4, 0.5) is 14.6 Å². The molecule has 0 spiro atoms. The molecule has 29 heavy (non-hydrogen) atoms. The molecule has 5 nitrogen and oxygen atoms in total. The van der Waals surface area contributed by atoms with Crippen LogP contribution >= 0.6 is 0 Å². The monoisotopic (exact) mass is 402 g/mol. The van der Waals surface area contributed by atoms with E-state index >= 15 is 0 Å². The van der Waals surface area contributed by atoms with Gasteiger partial charge in [-0.15, -0.1) is 0 Å². The number of pyridine rings is 1. The van der Waals surface area contributed by atoms with Gasteiger partial charge in [0, 0.05) is 25.3 Å². The van der Waals surface area contributed by atoms with E-state index in [-0.39, 0.29) is 25.0 Å². The lowest BCUT2D eigenvalue weighted by molar-refractivity contribution is -0.108. The van der Waals surface area contributed by atoms with Gasteiger partial charge in [0.15, 0.2) is 0 Å². The molecule has 154 valence electrons. The first kappa shape index (κ1) is 19.6.